The van der Waals surface area contributed by atoms with Crippen LogP contribution in [0.4, 0.5) is 11.4 Å². The average molecular weight is 251 g/mol. The summed E-state index contributed by atoms with van der Waals surface area (Å²) in [5, 5.41) is 22.8. The molecule has 1 aromatic carbocycles. The van der Waals surface area contributed by atoms with E-state index in [2.05, 4.69) is 10.2 Å². The fourth-order valence-electron chi connectivity index (χ4n) is 2.46. The van der Waals surface area contributed by atoms with Gasteiger partial charge in [0.25, 0.3) is 0 Å². The first kappa shape index (κ1) is 13.1. The summed E-state index contributed by atoms with van der Waals surface area (Å²) in [6, 6.07) is 5.58. The zero-order valence-corrected chi connectivity index (χ0v) is 10.8. The van der Waals surface area contributed by atoms with Crippen LogP contribution in [0, 0.1) is 0 Å². The molecule has 1 heterocycles. The van der Waals surface area contributed by atoms with Crippen molar-refractivity contribution in [3.8, 4) is 0 Å². The van der Waals surface area contributed by atoms with Crippen LogP contribution in [-0.4, -0.2) is 42.5 Å². The fourth-order valence-corrected chi connectivity index (χ4v) is 2.46. The quantitative estimate of drug-likeness (QED) is 0.573. The largest absolute Gasteiger partial charge is 0.399 e. The third-order valence-corrected chi connectivity index (χ3v) is 3.50. The predicted molar refractivity (Wildman–Crippen MR) is 72.6 cm³/mol. The van der Waals surface area contributed by atoms with Crippen LogP contribution in [-0.2, 0) is 0 Å². The van der Waals surface area contributed by atoms with E-state index in [-0.39, 0.29) is 6.04 Å². The van der Waals surface area contributed by atoms with Gasteiger partial charge in [0.15, 0.2) is 0 Å². The Morgan fingerprint density at radius 3 is 2.72 bits per heavy atom. The molecule has 1 aliphatic rings. The van der Waals surface area contributed by atoms with Crippen LogP contribution < -0.4 is 16.0 Å². The Morgan fingerprint density at radius 2 is 2.17 bits per heavy atom. The van der Waals surface area contributed by atoms with E-state index in [0.717, 1.165) is 17.8 Å². The van der Waals surface area contributed by atoms with Gasteiger partial charge >= 0.3 is 0 Å². The van der Waals surface area contributed by atoms with Crippen molar-refractivity contribution in [2.45, 2.75) is 25.2 Å². The molecule has 0 radical (unpaired) electrons. The molecule has 1 fully saturated rings. The topological polar surface area (TPSA) is 81.8 Å². The molecule has 3 atom stereocenters. The van der Waals surface area contributed by atoms with Crippen molar-refractivity contribution in [3.63, 3.8) is 0 Å². The minimum atomic E-state index is -0.575. The summed E-state index contributed by atoms with van der Waals surface area (Å²) in [6.45, 7) is 3.01. The second-order valence-corrected chi connectivity index (χ2v) is 4.86. The average Bonchev–Trinajstić information content (AvgIpc) is 2.70. The summed E-state index contributed by atoms with van der Waals surface area (Å²) in [7, 11) is 1.84. The molecule has 0 bridgehead atoms. The maximum atomic E-state index is 9.91. The van der Waals surface area contributed by atoms with Gasteiger partial charge in [0.05, 0.1) is 18.2 Å². The zero-order valence-electron chi connectivity index (χ0n) is 10.8. The molecule has 5 heteroatoms. The molecular formula is C13H21N3O2. The first-order valence-electron chi connectivity index (χ1n) is 6.20. The number of nitrogens with two attached hydrogens (primary N) is 1. The van der Waals surface area contributed by atoms with E-state index in [0.29, 0.717) is 12.2 Å². The Labute approximate surface area is 107 Å². The number of hydrogen-bond acceptors (Lipinski definition) is 5. The molecule has 1 saturated heterocycles. The molecule has 0 amide bonds. The van der Waals surface area contributed by atoms with Gasteiger partial charge in [-0.05, 0) is 32.2 Å². The number of aliphatic hydroxyl groups is 2. The van der Waals surface area contributed by atoms with Gasteiger partial charge < -0.3 is 26.2 Å². The van der Waals surface area contributed by atoms with Crippen LogP contribution in [0.15, 0.2) is 18.2 Å². The van der Waals surface area contributed by atoms with Crippen LogP contribution >= 0.6 is 0 Å². The van der Waals surface area contributed by atoms with E-state index in [4.69, 9.17) is 5.73 Å². The summed E-state index contributed by atoms with van der Waals surface area (Å²) in [6.07, 6.45) is -0.969. The minimum absolute atomic E-state index is 0.0596. The third kappa shape index (κ3) is 2.43. The van der Waals surface area contributed by atoms with Gasteiger partial charge in [-0.2, -0.15) is 0 Å². The number of nitrogens with zero attached hydrogens (tertiary/aromatic N) is 1. The van der Waals surface area contributed by atoms with Crippen molar-refractivity contribution < 1.29 is 10.2 Å². The highest BCUT2D eigenvalue weighted by Crippen LogP contribution is 2.30. The number of hydrogen-bond donors (Lipinski definition) is 4. The molecule has 3 unspecified atom stereocenters. The van der Waals surface area contributed by atoms with E-state index < -0.39 is 12.2 Å². The number of β-amino-alcohol motifs (C(OH)–C–C–N with tert-alkyl or cyclic N) is 1. The van der Waals surface area contributed by atoms with E-state index >= 15 is 0 Å². The lowest BCUT2D eigenvalue weighted by Crippen LogP contribution is -2.36. The number of benzene rings is 1. The maximum absolute atomic E-state index is 9.91. The lowest BCUT2D eigenvalue weighted by molar-refractivity contribution is 0.168. The fraction of sp³-hybridized carbons (Fsp3) is 0.538. The van der Waals surface area contributed by atoms with Gasteiger partial charge in [-0.3, -0.25) is 0 Å². The zero-order chi connectivity index (χ0) is 13.3. The van der Waals surface area contributed by atoms with E-state index in [9.17, 15) is 10.2 Å². The van der Waals surface area contributed by atoms with Gasteiger partial charge in [0.1, 0.15) is 0 Å². The summed E-state index contributed by atoms with van der Waals surface area (Å²) < 4.78 is 0. The second-order valence-electron chi connectivity index (χ2n) is 4.86. The van der Waals surface area contributed by atoms with Crippen molar-refractivity contribution in [1.29, 1.82) is 0 Å². The normalized spacial score (nSPS) is 25.4. The molecule has 1 aliphatic heterocycles. The smallest absolute Gasteiger partial charge is 0.0884 e. The Morgan fingerprint density at radius 1 is 1.44 bits per heavy atom. The summed E-state index contributed by atoms with van der Waals surface area (Å²) in [5.41, 5.74) is 8.14. The highest BCUT2D eigenvalue weighted by Gasteiger charge is 2.31. The summed E-state index contributed by atoms with van der Waals surface area (Å²) >= 11 is 0. The van der Waals surface area contributed by atoms with Gasteiger partial charge in [0, 0.05) is 30.0 Å². The van der Waals surface area contributed by atoms with E-state index in [1.54, 1.807) is 13.0 Å². The molecule has 0 aromatic heterocycles. The van der Waals surface area contributed by atoms with Crippen LogP contribution in [0.2, 0.25) is 0 Å². The van der Waals surface area contributed by atoms with Crippen LogP contribution in [0.5, 0.6) is 0 Å². The SMILES string of the molecule is CNC1CN(c2ccc(N)cc2C(C)O)CC1O. The Balaban J connectivity index is 2.29. The van der Waals surface area contributed by atoms with Crippen LogP contribution in [0.3, 0.4) is 0 Å². The van der Waals surface area contributed by atoms with E-state index in [1.807, 2.05) is 19.2 Å². The van der Waals surface area contributed by atoms with Crippen LogP contribution in [0.1, 0.15) is 18.6 Å². The van der Waals surface area contributed by atoms with Crippen molar-refractivity contribution >= 4 is 11.4 Å². The monoisotopic (exact) mass is 251 g/mol. The highest BCUT2D eigenvalue weighted by molar-refractivity contribution is 5.61. The molecule has 1 aromatic rings. The summed E-state index contributed by atoms with van der Waals surface area (Å²) in [5.74, 6) is 0. The molecule has 5 nitrogen and oxygen atoms in total. The number of nitrogen functional groups attached to an aromatic ring is 1. The first-order chi connectivity index (χ1) is 8.52. The molecule has 0 spiro atoms. The van der Waals surface area contributed by atoms with Crippen molar-refractivity contribution in [1.82, 2.24) is 5.32 Å². The molecule has 5 N–H and O–H groups in total. The number of rotatable bonds is 3. The van der Waals surface area contributed by atoms with Gasteiger partial charge in [-0.25, -0.2) is 0 Å². The van der Waals surface area contributed by atoms with Crippen molar-refractivity contribution in [3.05, 3.63) is 23.8 Å². The number of nitrogens with one attached hydrogen (secondary N) is 1. The highest BCUT2D eigenvalue weighted by atomic mass is 16.3. The second kappa shape index (κ2) is 5.14. The third-order valence-electron chi connectivity index (χ3n) is 3.50. The lowest BCUT2D eigenvalue weighted by Gasteiger charge is -2.23. The van der Waals surface area contributed by atoms with Gasteiger partial charge in [0.2, 0.25) is 0 Å². The Bertz CT molecular complexity index is 423. The van der Waals surface area contributed by atoms with Crippen molar-refractivity contribution in [2.75, 3.05) is 30.8 Å². The molecule has 0 saturated carbocycles. The van der Waals surface area contributed by atoms with Gasteiger partial charge in [-0.1, -0.05) is 0 Å². The minimum Gasteiger partial charge on any atom is -0.399 e. The molecule has 2 rings (SSSR count). The maximum Gasteiger partial charge on any atom is 0.0884 e. The molecule has 18 heavy (non-hydrogen) atoms. The first-order valence-corrected chi connectivity index (χ1v) is 6.20. The standard InChI is InChI=1S/C13H21N3O2/c1-8(17)10-5-9(14)3-4-12(10)16-6-11(15-2)13(18)7-16/h3-5,8,11,13,15,17-18H,6-7,14H2,1-2H3. The van der Waals surface area contributed by atoms with Gasteiger partial charge in [-0.15, -0.1) is 0 Å². The number of likely N-dealkylation sites (N-methyl/N-ethyl adjacent to an activating group) is 1. The Hall–Kier alpha value is -1.30. The van der Waals surface area contributed by atoms with Crippen molar-refractivity contribution in [2.24, 2.45) is 0 Å². The lowest BCUT2D eigenvalue weighted by atomic mass is 10.1. The molecule has 0 aliphatic carbocycles. The number of aliphatic hydroxyl groups excluding tert-OH is 2. The molecule has 100 valence electrons. The van der Waals surface area contributed by atoms with E-state index in [1.165, 1.54) is 0 Å². The molecular weight excluding hydrogens is 230 g/mol. The predicted octanol–water partition coefficient (Wildman–Crippen LogP) is 0.0910. The Kier molecular flexibility index (Phi) is 3.75. The van der Waals surface area contributed by atoms with Crippen LogP contribution in [0.25, 0.3) is 0 Å². The number of anilines is 2. The summed E-state index contributed by atoms with van der Waals surface area (Å²) in [4.78, 5) is 2.08.